The Balaban J connectivity index is 4.59. The number of nitrogens with zero attached hydrogens (tertiary/aromatic N) is 1. The minimum Gasteiger partial charge on any atom is -0.392 e. The van der Waals surface area contributed by atoms with E-state index in [4.69, 9.17) is 18.0 Å². The zero-order chi connectivity index (χ0) is 13.1. The van der Waals surface area contributed by atoms with E-state index >= 15 is 0 Å². The topological polar surface area (TPSA) is 75.4 Å². The largest absolute Gasteiger partial charge is 0.392 e. The molecule has 0 rings (SSSR count). The molecule has 1 unspecified atom stereocenters. The van der Waals surface area contributed by atoms with Gasteiger partial charge in [-0.1, -0.05) is 12.2 Å². The number of hydrogen-bond donors (Lipinski definition) is 2. The molecule has 0 radical (unpaired) electrons. The molecular weight excluding hydrogens is 226 g/mol. The Morgan fingerprint density at radius 3 is 2.12 bits per heavy atom. The van der Waals surface area contributed by atoms with Crippen LogP contribution in [0.5, 0.6) is 0 Å². The number of likely N-dealkylation sites (N-methyl/N-ethyl adjacent to an activating group) is 1. The van der Waals surface area contributed by atoms with Crippen LogP contribution >= 0.6 is 12.2 Å². The molecule has 0 heterocycles. The molecule has 0 spiro atoms. The van der Waals surface area contributed by atoms with Gasteiger partial charge in [0.2, 0.25) is 11.8 Å². The average molecular weight is 245 g/mol. The molecule has 16 heavy (non-hydrogen) atoms. The molecular formula is C10H19N3O2S. The van der Waals surface area contributed by atoms with Crippen LogP contribution in [0, 0.1) is 5.41 Å². The van der Waals surface area contributed by atoms with Crippen LogP contribution in [0.4, 0.5) is 0 Å². The highest BCUT2D eigenvalue weighted by molar-refractivity contribution is 7.80. The fourth-order valence-corrected chi connectivity index (χ4v) is 1.03. The summed E-state index contributed by atoms with van der Waals surface area (Å²) in [7, 11) is 3.26. The van der Waals surface area contributed by atoms with Crippen molar-refractivity contribution in [2.24, 2.45) is 11.1 Å². The van der Waals surface area contributed by atoms with Crippen molar-refractivity contribution < 1.29 is 9.59 Å². The molecule has 0 aromatic rings. The van der Waals surface area contributed by atoms with Gasteiger partial charge in [-0.3, -0.25) is 9.59 Å². The van der Waals surface area contributed by atoms with Crippen LogP contribution in [0.3, 0.4) is 0 Å². The van der Waals surface area contributed by atoms with Crippen molar-refractivity contribution in [3.63, 3.8) is 0 Å². The van der Waals surface area contributed by atoms with Gasteiger partial charge in [-0.15, -0.1) is 0 Å². The number of amides is 2. The lowest BCUT2D eigenvalue weighted by Crippen LogP contribution is -2.51. The molecule has 0 bridgehead atoms. The summed E-state index contributed by atoms with van der Waals surface area (Å²) >= 11 is 4.80. The van der Waals surface area contributed by atoms with E-state index in [2.05, 4.69) is 5.32 Å². The van der Waals surface area contributed by atoms with Gasteiger partial charge in [0.15, 0.2) is 0 Å². The van der Waals surface area contributed by atoms with E-state index < -0.39 is 11.5 Å². The molecule has 0 aliphatic rings. The fourth-order valence-electron chi connectivity index (χ4n) is 0.938. The van der Waals surface area contributed by atoms with Crippen LogP contribution in [0.2, 0.25) is 0 Å². The van der Waals surface area contributed by atoms with Crippen LogP contribution in [0.25, 0.3) is 0 Å². The van der Waals surface area contributed by atoms with Gasteiger partial charge in [-0.05, 0) is 20.8 Å². The van der Waals surface area contributed by atoms with Gasteiger partial charge in [0.1, 0.15) is 6.04 Å². The minimum atomic E-state index is -0.948. The molecule has 1 atom stereocenters. The molecule has 0 fully saturated rings. The maximum absolute atomic E-state index is 11.8. The monoisotopic (exact) mass is 245 g/mol. The fraction of sp³-hybridized carbons (Fsp3) is 0.700. The highest BCUT2D eigenvalue weighted by Crippen LogP contribution is 2.15. The van der Waals surface area contributed by atoms with Gasteiger partial charge in [0.05, 0.1) is 10.4 Å². The quantitative estimate of drug-likeness (QED) is 0.678. The SMILES string of the molecule is CC(NC(=O)C(C)(C)C(N)=S)C(=O)N(C)C. The van der Waals surface area contributed by atoms with Crippen molar-refractivity contribution >= 4 is 29.0 Å². The predicted octanol–water partition coefficient (Wildman–Crippen LogP) is -0.108. The van der Waals surface area contributed by atoms with Gasteiger partial charge < -0.3 is 16.0 Å². The van der Waals surface area contributed by atoms with Crippen LogP contribution in [0.1, 0.15) is 20.8 Å². The first-order chi connectivity index (χ1) is 7.10. The number of carbonyl (C=O) groups excluding carboxylic acids is 2. The van der Waals surface area contributed by atoms with E-state index in [-0.39, 0.29) is 16.8 Å². The summed E-state index contributed by atoms with van der Waals surface area (Å²) in [4.78, 5) is 24.8. The smallest absolute Gasteiger partial charge is 0.244 e. The van der Waals surface area contributed by atoms with E-state index in [9.17, 15) is 9.59 Å². The first-order valence-electron chi connectivity index (χ1n) is 4.92. The highest BCUT2D eigenvalue weighted by atomic mass is 32.1. The number of carbonyl (C=O) groups is 2. The molecule has 0 aromatic carbocycles. The Labute approximate surface area is 101 Å². The van der Waals surface area contributed by atoms with E-state index in [1.54, 1.807) is 34.9 Å². The summed E-state index contributed by atoms with van der Waals surface area (Å²) in [5, 5.41) is 2.58. The van der Waals surface area contributed by atoms with Crippen molar-refractivity contribution in [3.05, 3.63) is 0 Å². The summed E-state index contributed by atoms with van der Waals surface area (Å²) in [6.07, 6.45) is 0. The lowest BCUT2D eigenvalue weighted by molar-refractivity contribution is -0.135. The van der Waals surface area contributed by atoms with E-state index in [1.165, 1.54) is 4.90 Å². The van der Waals surface area contributed by atoms with Crippen LogP contribution in [0.15, 0.2) is 0 Å². The van der Waals surface area contributed by atoms with Gasteiger partial charge in [0.25, 0.3) is 0 Å². The van der Waals surface area contributed by atoms with Gasteiger partial charge >= 0.3 is 0 Å². The Morgan fingerprint density at radius 1 is 1.38 bits per heavy atom. The molecule has 0 aliphatic heterocycles. The zero-order valence-electron chi connectivity index (χ0n) is 10.3. The summed E-state index contributed by atoms with van der Waals surface area (Å²) in [6, 6.07) is -0.587. The number of nitrogens with two attached hydrogens (primary N) is 1. The summed E-state index contributed by atoms with van der Waals surface area (Å²) in [6.45, 7) is 4.87. The average Bonchev–Trinajstić information content (AvgIpc) is 2.15. The second kappa shape index (κ2) is 5.25. The van der Waals surface area contributed by atoms with Crippen LogP contribution < -0.4 is 11.1 Å². The lowest BCUT2D eigenvalue weighted by atomic mass is 9.92. The Kier molecular flexibility index (Phi) is 4.86. The molecule has 0 aliphatic carbocycles. The van der Waals surface area contributed by atoms with Gasteiger partial charge in [0, 0.05) is 14.1 Å². The second-order valence-corrected chi connectivity index (χ2v) is 4.86. The molecule has 0 saturated carbocycles. The number of nitrogens with one attached hydrogen (secondary N) is 1. The van der Waals surface area contributed by atoms with Crippen molar-refractivity contribution in [1.82, 2.24) is 10.2 Å². The van der Waals surface area contributed by atoms with Crippen molar-refractivity contribution in [2.75, 3.05) is 14.1 Å². The molecule has 6 heteroatoms. The Hall–Kier alpha value is -1.17. The number of thiocarbonyl (C=S) groups is 1. The maximum atomic E-state index is 11.8. The standard InChI is InChI=1S/C10H19N3O2S/c1-6(7(14)13(4)5)12-9(15)10(2,3)8(11)16/h6H,1-5H3,(H2,11,16)(H,12,15). The highest BCUT2D eigenvalue weighted by Gasteiger charge is 2.32. The van der Waals surface area contributed by atoms with Crippen molar-refractivity contribution in [1.29, 1.82) is 0 Å². The minimum absolute atomic E-state index is 0.106. The lowest BCUT2D eigenvalue weighted by Gasteiger charge is -2.25. The Morgan fingerprint density at radius 2 is 1.81 bits per heavy atom. The first-order valence-corrected chi connectivity index (χ1v) is 5.33. The molecule has 2 amide bonds. The van der Waals surface area contributed by atoms with Crippen molar-refractivity contribution in [3.8, 4) is 0 Å². The predicted molar refractivity (Wildman–Crippen MR) is 66.9 cm³/mol. The number of rotatable bonds is 4. The summed E-state index contributed by atoms with van der Waals surface area (Å²) < 4.78 is 0. The zero-order valence-corrected chi connectivity index (χ0v) is 11.1. The van der Waals surface area contributed by atoms with Crippen LogP contribution in [-0.2, 0) is 9.59 Å². The molecule has 0 saturated heterocycles. The van der Waals surface area contributed by atoms with E-state index in [1.807, 2.05) is 0 Å². The van der Waals surface area contributed by atoms with E-state index in [0.717, 1.165) is 0 Å². The normalized spacial score (nSPS) is 12.8. The van der Waals surface area contributed by atoms with Crippen LogP contribution in [-0.4, -0.2) is 41.8 Å². The molecule has 92 valence electrons. The van der Waals surface area contributed by atoms with Crippen molar-refractivity contribution in [2.45, 2.75) is 26.8 Å². The maximum Gasteiger partial charge on any atom is 0.244 e. The molecule has 3 N–H and O–H groups in total. The van der Waals surface area contributed by atoms with Gasteiger partial charge in [-0.2, -0.15) is 0 Å². The third kappa shape index (κ3) is 3.44. The molecule has 5 nitrogen and oxygen atoms in total. The Bertz CT molecular complexity index is 313. The molecule has 0 aromatic heterocycles. The summed E-state index contributed by atoms with van der Waals surface area (Å²) in [5.74, 6) is -0.519. The first kappa shape index (κ1) is 14.8. The van der Waals surface area contributed by atoms with Gasteiger partial charge in [-0.25, -0.2) is 0 Å². The second-order valence-electron chi connectivity index (χ2n) is 4.42. The third-order valence-corrected chi connectivity index (χ3v) is 2.85. The van der Waals surface area contributed by atoms with E-state index in [0.29, 0.717) is 0 Å². The number of hydrogen-bond acceptors (Lipinski definition) is 3. The third-order valence-electron chi connectivity index (χ3n) is 2.34. The summed E-state index contributed by atoms with van der Waals surface area (Å²) in [5.41, 5.74) is 4.51.